The van der Waals surface area contributed by atoms with E-state index in [0.717, 1.165) is 0 Å². The fourth-order valence-electron chi connectivity index (χ4n) is 2.60. The first kappa shape index (κ1) is 21.1. The van der Waals surface area contributed by atoms with E-state index in [-0.39, 0.29) is 18.0 Å². The predicted molar refractivity (Wildman–Crippen MR) is 109 cm³/mol. The Hall–Kier alpha value is -3.22. The molecule has 2 aromatic rings. The van der Waals surface area contributed by atoms with E-state index >= 15 is 0 Å². The fraction of sp³-hybridized carbons (Fsp3) is 0.333. The molecular formula is C21H27N3O4. The maximum absolute atomic E-state index is 11.9. The van der Waals surface area contributed by atoms with Crippen molar-refractivity contribution in [2.75, 3.05) is 5.32 Å². The number of nitrogens with one attached hydrogen (secondary N) is 2. The number of carbonyl (C=O) groups is 1. The highest BCUT2D eigenvalue weighted by atomic mass is 16.5. The van der Waals surface area contributed by atoms with E-state index in [1.54, 1.807) is 42.5 Å². The Labute approximate surface area is 165 Å². The lowest BCUT2D eigenvalue weighted by Gasteiger charge is -2.21. The van der Waals surface area contributed by atoms with E-state index < -0.39 is 12.0 Å². The molecule has 2 aromatic carbocycles. The number of carboxylic acids is 1. The van der Waals surface area contributed by atoms with Gasteiger partial charge in [-0.1, -0.05) is 6.07 Å². The summed E-state index contributed by atoms with van der Waals surface area (Å²) in [6.07, 6.45) is -0.117. The van der Waals surface area contributed by atoms with Gasteiger partial charge in [-0.25, -0.2) is 4.79 Å². The molecule has 0 spiro atoms. The quantitative estimate of drug-likeness (QED) is 0.385. The molecular weight excluding hydrogens is 358 g/mol. The summed E-state index contributed by atoms with van der Waals surface area (Å²) in [6.45, 7) is 7.63. The molecule has 0 bridgehead atoms. The van der Waals surface area contributed by atoms with Crippen molar-refractivity contribution < 1.29 is 19.4 Å². The minimum atomic E-state index is -1.02. The van der Waals surface area contributed by atoms with Gasteiger partial charge in [-0.15, -0.1) is 0 Å². The first-order valence-electron chi connectivity index (χ1n) is 9.08. The van der Waals surface area contributed by atoms with Crippen molar-refractivity contribution in [3.63, 3.8) is 0 Å². The van der Waals surface area contributed by atoms with Crippen molar-refractivity contribution in [1.29, 1.82) is 5.41 Å². The standard InChI is InChI=1S/C21H27N3O4/c1-12(2)27-17-10-7-15(11-18(17)28-13(3)4)19(21(25)26)24-16-8-5-14(6-9-16)20(22)23/h5-13,19,24H,1-4H3,(H3,22,23)(H,25,26). The summed E-state index contributed by atoms with van der Waals surface area (Å²) < 4.78 is 11.6. The van der Waals surface area contributed by atoms with Crippen molar-refractivity contribution in [1.82, 2.24) is 0 Å². The smallest absolute Gasteiger partial charge is 0.330 e. The molecule has 0 aliphatic rings. The van der Waals surface area contributed by atoms with Crippen molar-refractivity contribution in [3.8, 4) is 11.5 Å². The van der Waals surface area contributed by atoms with Crippen LogP contribution in [-0.4, -0.2) is 29.1 Å². The number of benzene rings is 2. The molecule has 0 saturated carbocycles. The number of nitrogen functional groups attached to an aromatic ring is 1. The van der Waals surface area contributed by atoms with E-state index in [9.17, 15) is 9.90 Å². The van der Waals surface area contributed by atoms with Crippen LogP contribution in [0.15, 0.2) is 42.5 Å². The maximum atomic E-state index is 11.9. The van der Waals surface area contributed by atoms with Crippen molar-refractivity contribution in [2.24, 2.45) is 5.73 Å². The summed E-state index contributed by atoms with van der Waals surface area (Å²) in [5.74, 6) is 0.00444. The first-order valence-corrected chi connectivity index (χ1v) is 9.08. The molecule has 0 heterocycles. The van der Waals surface area contributed by atoms with Gasteiger partial charge >= 0.3 is 5.97 Å². The first-order chi connectivity index (χ1) is 13.2. The number of nitrogens with two attached hydrogens (primary N) is 1. The number of hydrogen-bond donors (Lipinski definition) is 4. The third-order valence-electron chi connectivity index (χ3n) is 3.78. The Balaban J connectivity index is 2.33. The maximum Gasteiger partial charge on any atom is 0.330 e. The highest BCUT2D eigenvalue weighted by Crippen LogP contribution is 2.33. The number of carboxylic acid groups (broad SMARTS) is 1. The largest absolute Gasteiger partial charge is 0.487 e. The lowest BCUT2D eigenvalue weighted by atomic mass is 10.1. The Morgan fingerprint density at radius 2 is 1.57 bits per heavy atom. The summed E-state index contributed by atoms with van der Waals surface area (Å²) >= 11 is 0. The number of ether oxygens (including phenoxy) is 2. The average molecular weight is 385 g/mol. The molecule has 28 heavy (non-hydrogen) atoms. The van der Waals surface area contributed by atoms with Gasteiger partial charge in [0.25, 0.3) is 0 Å². The molecule has 0 aliphatic heterocycles. The molecule has 0 amide bonds. The topological polar surface area (TPSA) is 118 Å². The molecule has 5 N–H and O–H groups in total. The number of amidine groups is 1. The second-order valence-electron chi connectivity index (χ2n) is 6.95. The van der Waals surface area contributed by atoms with Gasteiger partial charge in [-0.3, -0.25) is 5.41 Å². The lowest BCUT2D eigenvalue weighted by Crippen LogP contribution is -2.21. The molecule has 0 aliphatic carbocycles. The van der Waals surface area contributed by atoms with Gasteiger partial charge in [0, 0.05) is 11.3 Å². The van der Waals surface area contributed by atoms with Crippen LogP contribution in [0.4, 0.5) is 5.69 Å². The summed E-state index contributed by atoms with van der Waals surface area (Å²) in [4.78, 5) is 11.9. The molecule has 7 nitrogen and oxygen atoms in total. The van der Waals surface area contributed by atoms with E-state index in [2.05, 4.69) is 5.32 Å². The Morgan fingerprint density at radius 3 is 2.07 bits per heavy atom. The Morgan fingerprint density at radius 1 is 1.00 bits per heavy atom. The van der Waals surface area contributed by atoms with Crippen LogP contribution in [0.1, 0.15) is 44.9 Å². The van der Waals surface area contributed by atoms with Gasteiger partial charge < -0.3 is 25.6 Å². The molecule has 2 rings (SSSR count). The molecule has 0 aromatic heterocycles. The number of rotatable bonds is 9. The van der Waals surface area contributed by atoms with Crippen LogP contribution < -0.4 is 20.5 Å². The van der Waals surface area contributed by atoms with Crippen molar-refractivity contribution in [3.05, 3.63) is 53.6 Å². The summed E-state index contributed by atoms with van der Waals surface area (Å²) in [7, 11) is 0. The van der Waals surface area contributed by atoms with Crippen LogP contribution in [0.2, 0.25) is 0 Å². The highest BCUT2D eigenvalue weighted by Gasteiger charge is 2.22. The summed E-state index contributed by atoms with van der Waals surface area (Å²) in [6, 6.07) is 10.8. The minimum absolute atomic E-state index is 0.0338. The second kappa shape index (κ2) is 9.12. The van der Waals surface area contributed by atoms with E-state index in [4.69, 9.17) is 20.6 Å². The summed E-state index contributed by atoms with van der Waals surface area (Å²) in [5.41, 5.74) is 7.16. The zero-order chi connectivity index (χ0) is 20.8. The third kappa shape index (κ3) is 5.64. The fourth-order valence-corrected chi connectivity index (χ4v) is 2.60. The number of hydrogen-bond acceptors (Lipinski definition) is 5. The molecule has 0 fully saturated rings. The van der Waals surface area contributed by atoms with Crippen LogP contribution in [0.3, 0.4) is 0 Å². The number of aliphatic carboxylic acids is 1. The Bertz CT molecular complexity index is 832. The number of anilines is 1. The van der Waals surface area contributed by atoms with Crippen LogP contribution in [0.5, 0.6) is 11.5 Å². The van der Waals surface area contributed by atoms with Gasteiger partial charge in [0.1, 0.15) is 5.84 Å². The second-order valence-corrected chi connectivity index (χ2v) is 6.95. The molecule has 150 valence electrons. The van der Waals surface area contributed by atoms with E-state index in [1.165, 1.54) is 0 Å². The van der Waals surface area contributed by atoms with E-state index in [1.807, 2.05) is 27.7 Å². The molecule has 1 atom stereocenters. The van der Waals surface area contributed by atoms with Crippen molar-refractivity contribution in [2.45, 2.75) is 45.9 Å². The van der Waals surface area contributed by atoms with Crippen LogP contribution >= 0.6 is 0 Å². The molecule has 1 unspecified atom stereocenters. The molecule has 0 saturated heterocycles. The zero-order valence-corrected chi connectivity index (χ0v) is 16.5. The van der Waals surface area contributed by atoms with Crippen LogP contribution in [0.25, 0.3) is 0 Å². The third-order valence-corrected chi connectivity index (χ3v) is 3.78. The highest BCUT2D eigenvalue weighted by molar-refractivity contribution is 5.95. The minimum Gasteiger partial charge on any atom is -0.487 e. The van der Waals surface area contributed by atoms with Gasteiger partial charge in [-0.2, -0.15) is 0 Å². The normalized spacial score (nSPS) is 11.9. The monoisotopic (exact) mass is 385 g/mol. The van der Waals surface area contributed by atoms with Crippen LogP contribution in [0, 0.1) is 5.41 Å². The Kier molecular flexibility index (Phi) is 6.87. The van der Waals surface area contributed by atoms with Crippen molar-refractivity contribution >= 4 is 17.5 Å². The van der Waals surface area contributed by atoms with Gasteiger partial charge in [0.05, 0.1) is 12.2 Å². The van der Waals surface area contributed by atoms with Gasteiger partial charge in [0.2, 0.25) is 0 Å². The van der Waals surface area contributed by atoms with Crippen LogP contribution in [-0.2, 0) is 4.79 Å². The predicted octanol–water partition coefficient (Wildman–Crippen LogP) is 3.78. The zero-order valence-electron chi connectivity index (χ0n) is 16.5. The summed E-state index contributed by atoms with van der Waals surface area (Å²) in [5, 5.41) is 20.2. The van der Waals surface area contributed by atoms with E-state index in [0.29, 0.717) is 28.3 Å². The van der Waals surface area contributed by atoms with Gasteiger partial charge in [-0.05, 0) is 69.7 Å². The average Bonchev–Trinajstić information content (AvgIpc) is 2.60. The molecule has 0 radical (unpaired) electrons. The lowest BCUT2D eigenvalue weighted by molar-refractivity contribution is -0.138. The van der Waals surface area contributed by atoms with Gasteiger partial charge in [0.15, 0.2) is 17.5 Å². The SMILES string of the molecule is CC(C)Oc1ccc(C(Nc2ccc(C(=N)N)cc2)C(=O)O)cc1OC(C)C. The molecule has 7 heteroatoms.